The molecular formula is C7H14BN. The maximum Gasteiger partial charge on any atom is 0.160 e. The molecule has 0 rings (SSSR count). The fraction of sp³-hybridized carbons (Fsp3) is 0.429. The van der Waals surface area contributed by atoms with E-state index in [-0.39, 0.29) is 0 Å². The minimum absolute atomic E-state index is 1.07. The van der Waals surface area contributed by atoms with Crippen LogP contribution in [0.15, 0.2) is 23.9 Å². The van der Waals surface area contributed by atoms with E-state index in [1.165, 1.54) is 5.60 Å². The highest BCUT2D eigenvalue weighted by molar-refractivity contribution is 6.21. The summed E-state index contributed by atoms with van der Waals surface area (Å²) in [5, 5.41) is 0. The average molecular weight is 123 g/mol. The van der Waals surface area contributed by atoms with Crippen molar-refractivity contribution in [2.24, 2.45) is 0 Å². The summed E-state index contributed by atoms with van der Waals surface area (Å²) in [5.74, 6) is 0. The fourth-order valence-corrected chi connectivity index (χ4v) is 0.495. The minimum atomic E-state index is 1.07. The summed E-state index contributed by atoms with van der Waals surface area (Å²) in [6, 6.07) is 0. The Labute approximate surface area is 58.5 Å². The van der Waals surface area contributed by atoms with Crippen molar-refractivity contribution < 1.29 is 0 Å². The highest BCUT2D eigenvalue weighted by atomic mass is 15.1. The first-order chi connectivity index (χ1) is 4.09. The standard InChI is InChI=1S/C7H14BN/c1-5-7(8)9(4)6(2)3/h5H,2,8H2,1,3-4H3/b7-5-. The number of nitrogens with zero attached hydrogens (tertiary/aromatic N) is 1. The molecule has 0 radical (unpaired) electrons. The summed E-state index contributed by atoms with van der Waals surface area (Å²) in [6.07, 6.45) is 2.06. The highest BCUT2D eigenvalue weighted by Crippen LogP contribution is 2.02. The molecule has 0 heterocycles. The van der Waals surface area contributed by atoms with E-state index in [2.05, 4.69) is 25.4 Å². The molecule has 0 fully saturated rings. The molecule has 0 aliphatic heterocycles. The van der Waals surface area contributed by atoms with Crippen molar-refractivity contribution in [1.82, 2.24) is 4.90 Å². The Morgan fingerprint density at radius 2 is 2.11 bits per heavy atom. The van der Waals surface area contributed by atoms with Crippen molar-refractivity contribution in [3.05, 3.63) is 23.9 Å². The Morgan fingerprint density at radius 3 is 2.22 bits per heavy atom. The van der Waals surface area contributed by atoms with E-state index in [9.17, 15) is 0 Å². The van der Waals surface area contributed by atoms with Crippen LogP contribution in [0.2, 0.25) is 0 Å². The molecule has 1 nitrogen and oxygen atoms in total. The van der Waals surface area contributed by atoms with Gasteiger partial charge >= 0.3 is 0 Å². The monoisotopic (exact) mass is 123 g/mol. The lowest BCUT2D eigenvalue weighted by molar-refractivity contribution is 0.555. The van der Waals surface area contributed by atoms with E-state index in [4.69, 9.17) is 0 Å². The van der Waals surface area contributed by atoms with Crippen molar-refractivity contribution >= 4 is 7.85 Å². The second kappa shape index (κ2) is 3.39. The van der Waals surface area contributed by atoms with E-state index >= 15 is 0 Å². The van der Waals surface area contributed by atoms with Gasteiger partial charge in [-0.05, 0) is 19.4 Å². The topological polar surface area (TPSA) is 3.24 Å². The molecule has 0 atom stereocenters. The second-order valence-corrected chi connectivity index (χ2v) is 2.22. The van der Waals surface area contributed by atoms with Crippen LogP contribution in [0.25, 0.3) is 0 Å². The smallest absolute Gasteiger partial charge is 0.160 e. The van der Waals surface area contributed by atoms with Gasteiger partial charge in [0.15, 0.2) is 7.85 Å². The van der Waals surface area contributed by atoms with Gasteiger partial charge in [-0.3, -0.25) is 0 Å². The molecular weight excluding hydrogens is 109 g/mol. The molecule has 0 aliphatic rings. The number of allylic oxidation sites excluding steroid dienone is 2. The Kier molecular flexibility index (Phi) is 3.14. The van der Waals surface area contributed by atoms with Crippen LogP contribution in [0.5, 0.6) is 0 Å². The fourth-order valence-electron chi connectivity index (χ4n) is 0.495. The Morgan fingerprint density at radius 1 is 1.67 bits per heavy atom. The first-order valence-electron chi connectivity index (χ1n) is 3.11. The second-order valence-electron chi connectivity index (χ2n) is 2.22. The molecule has 0 aromatic heterocycles. The Bertz CT molecular complexity index is 138. The molecule has 50 valence electrons. The predicted molar refractivity (Wildman–Crippen MR) is 44.9 cm³/mol. The summed E-state index contributed by atoms with van der Waals surface area (Å²) in [5.41, 5.74) is 2.31. The summed E-state index contributed by atoms with van der Waals surface area (Å²) in [6.45, 7) is 7.82. The predicted octanol–water partition coefficient (Wildman–Crippen LogP) is 0.946. The third-order valence-electron chi connectivity index (χ3n) is 1.52. The van der Waals surface area contributed by atoms with E-state index in [0.29, 0.717) is 0 Å². The van der Waals surface area contributed by atoms with E-state index in [0.717, 1.165) is 5.70 Å². The highest BCUT2D eigenvalue weighted by Gasteiger charge is 1.94. The number of hydrogen-bond acceptors (Lipinski definition) is 1. The average Bonchev–Trinajstić information content (AvgIpc) is 1.84. The molecule has 0 aromatic rings. The molecule has 0 aliphatic carbocycles. The van der Waals surface area contributed by atoms with Crippen molar-refractivity contribution in [2.45, 2.75) is 13.8 Å². The van der Waals surface area contributed by atoms with Crippen LogP contribution >= 0.6 is 0 Å². The third-order valence-corrected chi connectivity index (χ3v) is 1.52. The molecule has 0 spiro atoms. The normalized spacial score (nSPS) is 11.2. The first-order valence-corrected chi connectivity index (χ1v) is 3.11. The number of rotatable bonds is 2. The van der Waals surface area contributed by atoms with Gasteiger partial charge < -0.3 is 4.90 Å². The van der Waals surface area contributed by atoms with Crippen LogP contribution in [-0.2, 0) is 0 Å². The first kappa shape index (κ1) is 8.34. The summed E-state index contributed by atoms with van der Waals surface area (Å²) in [4.78, 5) is 2.06. The molecule has 9 heavy (non-hydrogen) atoms. The zero-order chi connectivity index (χ0) is 7.44. The van der Waals surface area contributed by atoms with Gasteiger partial charge in [0.2, 0.25) is 0 Å². The maximum atomic E-state index is 3.81. The van der Waals surface area contributed by atoms with Crippen molar-refractivity contribution in [2.75, 3.05) is 7.05 Å². The summed E-state index contributed by atoms with van der Waals surface area (Å²) >= 11 is 0. The lowest BCUT2D eigenvalue weighted by atomic mass is 10.0. The van der Waals surface area contributed by atoms with Crippen LogP contribution < -0.4 is 0 Å². The van der Waals surface area contributed by atoms with Gasteiger partial charge in [-0.2, -0.15) is 0 Å². The molecule has 0 saturated heterocycles. The van der Waals surface area contributed by atoms with E-state index < -0.39 is 0 Å². The molecule has 0 unspecified atom stereocenters. The lowest BCUT2D eigenvalue weighted by Gasteiger charge is -2.19. The van der Waals surface area contributed by atoms with E-state index in [1.54, 1.807) is 0 Å². The Balaban J connectivity index is 4.04. The van der Waals surface area contributed by atoms with Crippen molar-refractivity contribution in [3.63, 3.8) is 0 Å². The van der Waals surface area contributed by atoms with Crippen LogP contribution in [0, 0.1) is 0 Å². The SMILES string of the molecule is B/C(=C/C)N(C)C(=C)C. The molecule has 2 heteroatoms. The van der Waals surface area contributed by atoms with Gasteiger partial charge in [-0.25, -0.2) is 0 Å². The summed E-state index contributed by atoms with van der Waals surface area (Å²) in [7, 11) is 4.08. The maximum absolute atomic E-state index is 3.81. The van der Waals surface area contributed by atoms with Gasteiger partial charge in [0.05, 0.1) is 0 Å². The van der Waals surface area contributed by atoms with Gasteiger partial charge in [-0.15, -0.1) is 0 Å². The lowest BCUT2D eigenvalue weighted by Crippen LogP contribution is -2.14. The van der Waals surface area contributed by atoms with Gasteiger partial charge in [0, 0.05) is 12.7 Å². The van der Waals surface area contributed by atoms with Crippen LogP contribution in [-0.4, -0.2) is 19.8 Å². The van der Waals surface area contributed by atoms with Crippen molar-refractivity contribution in [1.29, 1.82) is 0 Å². The molecule has 0 N–H and O–H groups in total. The van der Waals surface area contributed by atoms with Crippen LogP contribution in [0.3, 0.4) is 0 Å². The zero-order valence-electron chi connectivity index (χ0n) is 6.73. The summed E-state index contributed by atoms with van der Waals surface area (Å²) < 4.78 is 0. The number of hydrogen-bond donors (Lipinski definition) is 0. The Hall–Kier alpha value is -0.655. The quantitative estimate of drug-likeness (QED) is 0.494. The van der Waals surface area contributed by atoms with E-state index in [1.807, 2.05) is 20.9 Å². The molecule has 0 bridgehead atoms. The molecule has 0 aromatic carbocycles. The minimum Gasteiger partial charge on any atom is -0.362 e. The van der Waals surface area contributed by atoms with Crippen LogP contribution in [0.1, 0.15) is 13.8 Å². The third kappa shape index (κ3) is 2.40. The molecule has 0 amide bonds. The van der Waals surface area contributed by atoms with Crippen LogP contribution in [0.4, 0.5) is 0 Å². The van der Waals surface area contributed by atoms with Gasteiger partial charge in [0.25, 0.3) is 0 Å². The van der Waals surface area contributed by atoms with Gasteiger partial charge in [-0.1, -0.05) is 12.7 Å². The van der Waals surface area contributed by atoms with Crippen molar-refractivity contribution in [3.8, 4) is 0 Å². The zero-order valence-corrected chi connectivity index (χ0v) is 6.73. The molecule has 0 saturated carbocycles. The largest absolute Gasteiger partial charge is 0.362 e. The van der Waals surface area contributed by atoms with Gasteiger partial charge in [0.1, 0.15) is 0 Å².